The summed E-state index contributed by atoms with van der Waals surface area (Å²) < 4.78 is 138. The molecule has 4 heterocycles. The lowest BCUT2D eigenvalue weighted by atomic mass is 10.0. The average Bonchev–Trinajstić information content (AvgIpc) is 4.03. The van der Waals surface area contributed by atoms with Crippen molar-refractivity contribution in [2.24, 2.45) is 0 Å². The zero-order valence-corrected chi connectivity index (χ0v) is 28.8. The molecule has 0 amide bonds. The smallest absolute Gasteiger partial charge is 0.284 e. The van der Waals surface area contributed by atoms with E-state index in [1.165, 1.54) is 24.3 Å². The molecule has 0 saturated carbocycles. The van der Waals surface area contributed by atoms with Gasteiger partial charge in [0.1, 0.15) is 44.8 Å². The number of halogens is 8. The first-order valence-electron chi connectivity index (χ1n) is 16.6. The Balaban J connectivity index is 0.967. The summed E-state index contributed by atoms with van der Waals surface area (Å²) in [5, 5.41) is 10.7. The molecule has 290 valence electrons. The van der Waals surface area contributed by atoms with E-state index in [1.54, 1.807) is 24.3 Å². The monoisotopic (exact) mass is 820 g/mol. The molecular weight excluding hydrogens is 812 g/mol. The van der Waals surface area contributed by atoms with E-state index in [0.717, 1.165) is 6.07 Å². The van der Waals surface area contributed by atoms with Gasteiger partial charge in [-0.15, -0.1) is 0 Å². The van der Waals surface area contributed by atoms with Crippen molar-refractivity contribution in [3.63, 3.8) is 0 Å². The number of carbonyl (C=O) groups is 2. The number of ketones is 2. The van der Waals surface area contributed by atoms with Gasteiger partial charge in [0.25, 0.3) is 40.8 Å². The summed E-state index contributed by atoms with van der Waals surface area (Å²) in [6.07, 6.45) is 0. The molecular formula is C40H8F8N6O6. The van der Waals surface area contributed by atoms with Gasteiger partial charge in [-0.05, 0) is 70.1 Å². The Bertz CT molecular complexity index is 3300. The average molecular weight is 821 g/mol. The van der Waals surface area contributed by atoms with Crippen LogP contribution in [0.1, 0.15) is 38.1 Å². The van der Waals surface area contributed by atoms with Crippen molar-refractivity contribution in [1.29, 1.82) is 5.26 Å². The Labute approximate surface area is 323 Å². The summed E-state index contributed by atoms with van der Waals surface area (Å²) in [5.74, 6) is -21.6. The number of benzene rings is 6. The molecule has 0 bridgehead atoms. The summed E-state index contributed by atoms with van der Waals surface area (Å²) in [4.78, 5) is 45.1. The van der Waals surface area contributed by atoms with Crippen LogP contribution in [0.5, 0.6) is 0 Å². The first-order valence-corrected chi connectivity index (χ1v) is 16.6. The molecule has 0 fully saturated rings. The fourth-order valence-corrected chi connectivity index (χ4v) is 6.63. The third-order valence-electron chi connectivity index (χ3n) is 9.46. The summed E-state index contributed by atoms with van der Waals surface area (Å²) in [5.41, 5.74) is -5.29. The minimum absolute atomic E-state index is 0.0251. The molecule has 0 saturated heterocycles. The van der Waals surface area contributed by atoms with E-state index in [1.807, 2.05) is 0 Å². The van der Waals surface area contributed by atoms with E-state index in [2.05, 4.69) is 24.8 Å². The quantitative estimate of drug-likeness (QED) is 0.0702. The fourth-order valence-electron chi connectivity index (χ4n) is 6.63. The minimum atomic E-state index is -2.09. The van der Waals surface area contributed by atoms with Gasteiger partial charge >= 0.3 is 0 Å². The highest BCUT2D eigenvalue weighted by molar-refractivity contribution is 6.10. The number of aromatic nitrogens is 4. The third-order valence-corrected chi connectivity index (χ3v) is 9.46. The molecule has 0 unspecified atom stereocenters. The maximum atomic E-state index is 14.6. The standard InChI is InChI=1S/C40H8F8N6O6/c1-50-34-32(47)30(45)25(31(46)33(34)48)36(56)38-52-17-3-12-9-23-19(5-14(12)7-21(17)58-38)54-40(60-23)39-53-18-4-13-6-20-16(2-11(13)8-22(18)59-39)51-37(57-20)35(55)24-28(43)26(41)15(10-49)27(42)29(24)44/h2-9H. The summed E-state index contributed by atoms with van der Waals surface area (Å²) in [7, 11) is 0. The highest BCUT2D eigenvalue weighted by Crippen LogP contribution is 2.36. The van der Waals surface area contributed by atoms with Crippen LogP contribution in [-0.2, 0) is 0 Å². The van der Waals surface area contributed by atoms with E-state index < -0.39 is 92.3 Å². The summed E-state index contributed by atoms with van der Waals surface area (Å²) in [6, 6.07) is 13.0. The van der Waals surface area contributed by atoms with Crippen LogP contribution in [0.3, 0.4) is 0 Å². The maximum Gasteiger partial charge on any atom is 0.284 e. The van der Waals surface area contributed by atoms with Crippen LogP contribution >= 0.6 is 0 Å². The molecule has 0 radical (unpaired) electrons. The first-order chi connectivity index (χ1) is 28.7. The van der Waals surface area contributed by atoms with E-state index >= 15 is 0 Å². The zero-order chi connectivity index (χ0) is 42.0. The highest BCUT2D eigenvalue weighted by atomic mass is 19.2. The molecule has 4 aromatic heterocycles. The second kappa shape index (κ2) is 12.5. The van der Waals surface area contributed by atoms with Crippen LogP contribution in [0.25, 0.3) is 82.6 Å². The molecule has 10 rings (SSSR count). The summed E-state index contributed by atoms with van der Waals surface area (Å²) >= 11 is 0. The number of nitrogens with zero attached hydrogens (tertiary/aromatic N) is 6. The van der Waals surface area contributed by atoms with Crippen LogP contribution < -0.4 is 0 Å². The Morgan fingerprint density at radius 2 is 0.833 bits per heavy atom. The van der Waals surface area contributed by atoms with Crippen LogP contribution in [0, 0.1) is 64.4 Å². The molecule has 0 aliphatic heterocycles. The van der Waals surface area contributed by atoms with Gasteiger partial charge in [0.15, 0.2) is 68.9 Å². The van der Waals surface area contributed by atoms with Gasteiger partial charge in [-0.3, -0.25) is 9.59 Å². The molecule has 0 aliphatic rings. The van der Waals surface area contributed by atoms with Crippen LogP contribution in [0.4, 0.5) is 40.8 Å². The molecule has 10 aromatic rings. The zero-order valence-electron chi connectivity index (χ0n) is 28.8. The van der Waals surface area contributed by atoms with Crippen LogP contribution in [0.2, 0.25) is 0 Å². The van der Waals surface area contributed by atoms with Gasteiger partial charge in [0.05, 0.1) is 6.57 Å². The second-order valence-electron chi connectivity index (χ2n) is 12.9. The molecule has 0 atom stereocenters. The van der Waals surface area contributed by atoms with Gasteiger partial charge in [-0.1, -0.05) is 0 Å². The SMILES string of the molecule is [C-]#[N+]c1c(F)c(F)c(C(=O)c2nc3cc4cc5oc(-c6nc7cc8cc9oc(C(=O)c%10c(F)c(F)c(C#N)c(F)c%10F)nc9cc8cc7o6)nc5cc4cc3o2)c(F)c1F. The Morgan fingerprint density at radius 1 is 0.500 bits per heavy atom. The van der Waals surface area contributed by atoms with Crippen molar-refractivity contribution < 1.29 is 62.4 Å². The number of oxazole rings is 4. The van der Waals surface area contributed by atoms with Crippen molar-refractivity contribution in [2.45, 2.75) is 0 Å². The Morgan fingerprint density at radius 3 is 1.18 bits per heavy atom. The lowest BCUT2D eigenvalue weighted by Gasteiger charge is -2.06. The number of hydrogen-bond donors (Lipinski definition) is 0. The van der Waals surface area contributed by atoms with Gasteiger partial charge < -0.3 is 17.7 Å². The van der Waals surface area contributed by atoms with Gasteiger partial charge in [-0.2, -0.15) is 5.26 Å². The highest BCUT2D eigenvalue weighted by Gasteiger charge is 2.34. The second-order valence-corrected chi connectivity index (χ2v) is 12.9. The lowest BCUT2D eigenvalue weighted by Crippen LogP contribution is -2.13. The van der Waals surface area contributed by atoms with Crippen LogP contribution in [-0.4, -0.2) is 31.5 Å². The van der Waals surface area contributed by atoms with Crippen molar-refractivity contribution in [3.8, 4) is 17.9 Å². The Kier molecular flexibility index (Phi) is 7.46. The summed E-state index contributed by atoms with van der Waals surface area (Å²) in [6.45, 7) is 6.75. The van der Waals surface area contributed by atoms with Gasteiger partial charge in [0, 0.05) is 0 Å². The Hall–Kier alpha value is -8.52. The number of carbonyl (C=O) groups excluding carboxylic acids is 2. The first kappa shape index (κ1) is 35.9. The van der Waals surface area contributed by atoms with Crippen molar-refractivity contribution in [2.75, 3.05) is 0 Å². The molecule has 0 N–H and O–H groups in total. The minimum Gasteiger partial charge on any atom is -0.433 e. The molecule has 0 spiro atoms. The third kappa shape index (κ3) is 5.07. The van der Waals surface area contributed by atoms with E-state index in [9.17, 15) is 44.7 Å². The fraction of sp³-hybridized carbons (Fsp3) is 0. The number of nitriles is 1. The normalized spacial score (nSPS) is 11.8. The van der Waals surface area contributed by atoms with Crippen molar-refractivity contribution in [1.82, 2.24) is 19.9 Å². The van der Waals surface area contributed by atoms with E-state index in [-0.39, 0.29) is 45.1 Å². The number of fused-ring (bicyclic) bond motifs is 6. The largest absolute Gasteiger partial charge is 0.433 e. The van der Waals surface area contributed by atoms with E-state index in [4.69, 9.17) is 29.5 Å². The van der Waals surface area contributed by atoms with Crippen molar-refractivity contribution in [3.05, 3.63) is 135 Å². The molecule has 60 heavy (non-hydrogen) atoms. The predicted octanol–water partition coefficient (Wildman–Crippen LogP) is 10.2. The van der Waals surface area contributed by atoms with Gasteiger partial charge in [-0.25, -0.2) is 59.9 Å². The maximum absolute atomic E-state index is 14.6. The van der Waals surface area contributed by atoms with Gasteiger partial charge in [0.2, 0.25) is 0 Å². The number of hydrogen-bond acceptors (Lipinski definition) is 11. The van der Waals surface area contributed by atoms with Crippen LogP contribution in [0.15, 0.2) is 66.2 Å². The molecule has 12 nitrogen and oxygen atoms in total. The predicted molar refractivity (Wildman–Crippen MR) is 188 cm³/mol. The van der Waals surface area contributed by atoms with E-state index in [0.29, 0.717) is 32.6 Å². The van der Waals surface area contributed by atoms with Crippen molar-refractivity contribution >= 4 is 83.2 Å². The number of rotatable bonds is 5. The molecule has 20 heteroatoms. The topological polar surface area (TPSA) is 166 Å². The lowest BCUT2D eigenvalue weighted by molar-refractivity contribution is 0.0987. The molecule has 0 aliphatic carbocycles. The molecule has 6 aromatic carbocycles.